The number of hydrogen-bond donors (Lipinski definition) is 1. The molecule has 1 fully saturated rings. The fourth-order valence-corrected chi connectivity index (χ4v) is 1.92. The lowest BCUT2D eigenvalue weighted by Gasteiger charge is -2.14. The van der Waals surface area contributed by atoms with Gasteiger partial charge in [0.05, 0.1) is 13.2 Å². The van der Waals surface area contributed by atoms with Gasteiger partial charge in [-0.05, 0) is 56.8 Å². The molecule has 1 N–H and O–H groups in total. The summed E-state index contributed by atoms with van der Waals surface area (Å²) in [6.45, 7) is 6.07. The number of benzene rings is 1. The van der Waals surface area contributed by atoms with Crippen molar-refractivity contribution in [1.82, 2.24) is 5.32 Å². The second-order valence-corrected chi connectivity index (χ2v) is 5.23. The predicted octanol–water partition coefficient (Wildman–Crippen LogP) is 2.98. The molecular weight excluding hydrogens is 226 g/mol. The molecule has 0 heterocycles. The lowest BCUT2D eigenvalue weighted by molar-refractivity contribution is 0.230. The first-order valence-corrected chi connectivity index (χ1v) is 6.73. The van der Waals surface area contributed by atoms with E-state index < -0.39 is 0 Å². The van der Waals surface area contributed by atoms with Crippen LogP contribution in [-0.2, 0) is 6.54 Å². The van der Waals surface area contributed by atoms with Gasteiger partial charge in [0, 0.05) is 6.54 Å². The zero-order valence-electron chi connectivity index (χ0n) is 11.5. The molecule has 1 aliphatic rings. The Labute approximate surface area is 109 Å². The lowest BCUT2D eigenvalue weighted by atomic mass is 10.2. The average molecular weight is 249 g/mol. The van der Waals surface area contributed by atoms with Crippen molar-refractivity contribution in [3.05, 3.63) is 23.8 Å². The summed E-state index contributed by atoms with van der Waals surface area (Å²) in [5.41, 5.74) is 1.24. The smallest absolute Gasteiger partial charge is 0.161 e. The van der Waals surface area contributed by atoms with Gasteiger partial charge in [-0.2, -0.15) is 0 Å². The van der Waals surface area contributed by atoms with E-state index >= 15 is 0 Å². The summed E-state index contributed by atoms with van der Waals surface area (Å²) in [5.74, 6) is 2.54. The Kier molecular flexibility index (Phi) is 4.48. The fraction of sp³-hybridized carbons (Fsp3) is 0.600. The summed E-state index contributed by atoms with van der Waals surface area (Å²) >= 11 is 0. The summed E-state index contributed by atoms with van der Waals surface area (Å²) in [7, 11) is 1.68. The van der Waals surface area contributed by atoms with Crippen molar-refractivity contribution in [2.24, 2.45) is 5.92 Å². The third-order valence-corrected chi connectivity index (χ3v) is 3.05. The van der Waals surface area contributed by atoms with Crippen molar-refractivity contribution in [3.63, 3.8) is 0 Å². The quantitative estimate of drug-likeness (QED) is 0.806. The molecule has 3 heteroatoms. The monoisotopic (exact) mass is 249 g/mol. The Balaban J connectivity index is 1.94. The van der Waals surface area contributed by atoms with Crippen molar-refractivity contribution >= 4 is 0 Å². The van der Waals surface area contributed by atoms with Crippen molar-refractivity contribution in [2.75, 3.05) is 13.7 Å². The summed E-state index contributed by atoms with van der Waals surface area (Å²) in [5, 5.41) is 3.48. The van der Waals surface area contributed by atoms with E-state index in [2.05, 4.69) is 17.4 Å². The zero-order chi connectivity index (χ0) is 13.0. The summed E-state index contributed by atoms with van der Waals surface area (Å²) in [6, 6.07) is 6.14. The van der Waals surface area contributed by atoms with Crippen LogP contribution in [0.25, 0.3) is 0 Å². The largest absolute Gasteiger partial charge is 0.493 e. The molecule has 0 aromatic heterocycles. The lowest BCUT2D eigenvalue weighted by Crippen LogP contribution is -2.16. The molecule has 0 saturated heterocycles. The van der Waals surface area contributed by atoms with Gasteiger partial charge in [0.1, 0.15) is 0 Å². The van der Waals surface area contributed by atoms with Crippen LogP contribution in [-0.4, -0.2) is 19.8 Å². The van der Waals surface area contributed by atoms with E-state index in [9.17, 15) is 0 Å². The van der Waals surface area contributed by atoms with E-state index in [-0.39, 0.29) is 6.10 Å². The molecule has 18 heavy (non-hydrogen) atoms. The number of rotatable bonds is 7. The molecule has 3 nitrogen and oxygen atoms in total. The third-order valence-electron chi connectivity index (χ3n) is 3.05. The summed E-state index contributed by atoms with van der Waals surface area (Å²) in [4.78, 5) is 0. The molecule has 0 unspecified atom stereocenters. The topological polar surface area (TPSA) is 30.5 Å². The molecule has 0 radical (unpaired) electrons. The highest BCUT2D eigenvalue weighted by Crippen LogP contribution is 2.30. The minimum Gasteiger partial charge on any atom is -0.493 e. The van der Waals surface area contributed by atoms with E-state index in [4.69, 9.17) is 9.47 Å². The minimum absolute atomic E-state index is 0.165. The molecule has 1 aromatic rings. The SMILES string of the molecule is COc1cc(CNCC2CC2)ccc1OC(C)C. The second kappa shape index (κ2) is 6.10. The molecule has 0 aliphatic heterocycles. The third kappa shape index (κ3) is 3.91. The Morgan fingerprint density at radius 3 is 2.67 bits per heavy atom. The molecule has 1 saturated carbocycles. The Morgan fingerprint density at radius 1 is 1.28 bits per heavy atom. The van der Waals surface area contributed by atoms with Crippen LogP contribution in [0.4, 0.5) is 0 Å². The molecule has 1 aromatic carbocycles. The maximum Gasteiger partial charge on any atom is 0.161 e. The Bertz CT molecular complexity index is 386. The van der Waals surface area contributed by atoms with Gasteiger partial charge in [0.2, 0.25) is 0 Å². The standard InChI is InChI=1S/C15H23NO2/c1-11(2)18-14-7-6-13(8-15(14)17-3)10-16-9-12-4-5-12/h6-8,11-12,16H,4-5,9-10H2,1-3H3. The normalized spacial score (nSPS) is 14.9. The number of nitrogens with one attached hydrogen (secondary N) is 1. The molecule has 0 atom stereocenters. The first-order valence-electron chi connectivity index (χ1n) is 6.73. The van der Waals surface area contributed by atoms with E-state index in [1.807, 2.05) is 19.9 Å². The molecule has 0 amide bonds. The molecule has 0 spiro atoms. The predicted molar refractivity (Wildman–Crippen MR) is 73.2 cm³/mol. The first kappa shape index (κ1) is 13.2. The summed E-state index contributed by atoms with van der Waals surface area (Å²) < 4.78 is 11.1. The van der Waals surface area contributed by atoms with Gasteiger partial charge in [0.15, 0.2) is 11.5 Å². The van der Waals surface area contributed by atoms with Gasteiger partial charge in [-0.15, -0.1) is 0 Å². The maximum atomic E-state index is 5.70. The number of ether oxygens (including phenoxy) is 2. The highest BCUT2D eigenvalue weighted by molar-refractivity contribution is 5.43. The van der Waals surface area contributed by atoms with Gasteiger partial charge in [-0.25, -0.2) is 0 Å². The Morgan fingerprint density at radius 2 is 2.06 bits per heavy atom. The van der Waals surface area contributed by atoms with Crippen LogP contribution in [0, 0.1) is 5.92 Å². The van der Waals surface area contributed by atoms with E-state index in [1.165, 1.54) is 18.4 Å². The number of methoxy groups -OCH3 is 1. The highest BCUT2D eigenvalue weighted by atomic mass is 16.5. The first-order chi connectivity index (χ1) is 8.69. The van der Waals surface area contributed by atoms with Crippen molar-refractivity contribution < 1.29 is 9.47 Å². The van der Waals surface area contributed by atoms with Crippen molar-refractivity contribution in [1.29, 1.82) is 0 Å². The van der Waals surface area contributed by atoms with E-state index in [0.29, 0.717) is 0 Å². The highest BCUT2D eigenvalue weighted by Gasteiger charge is 2.20. The van der Waals surface area contributed by atoms with Gasteiger partial charge >= 0.3 is 0 Å². The van der Waals surface area contributed by atoms with Gasteiger partial charge in [-0.3, -0.25) is 0 Å². The second-order valence-electron chi connectivity index (χ2n) is 5.23. The van der Waals surface area contributed by atoms with E-state index in [0.717, 1.165) is 30.5 Å². The van der Waals surface area contributed by atoms with Crippen LogP contribution in [0.3, 0.4) is 0 Å². The molecular formula is C15H23NO2. The van der Waals surface area contributed by atoms with E-state index in [1.54, 1.807) is 7.11 Å². The van der Waals surface area contributed by atoms with Gasteiger partial charge < -0.3 is 14.8 Å². The maximum absolute atomic E-state index is 5.70. The van der Waals surface area contributed by atoms with Crippen LogP contribution in [0.15, 0.2) is 18.2 Å². The van der Waals surface area contributed by atoms with Crippen LogP contribution in [0.5, 0.6) is 11.5 Å². The van der Waals surface area contributed by atoms with Crippen LogP contribution in [0.2, 0.25) is 0 Å². The summed E-state index contributed by atoms with van der Waals surface area (Å²) in [6.07, 6.45) is 2.94. The number of hydrogen-bond acceptors (Lipinski definition) is 3. The van der Waals surface area contributed by atoms with Gasteiger partial charge in [-0.1, -0.05) is 6.07 Å². The van der Waals surface area contributed by atoms with Crippen LogP contribution in [0.1, 0.15) is 32.3 Å². The van der Waals surface area contributed by atoms with Crippen LogP contribution < -0.4 is 14.8 Å². The molecule has 1 aliphatic carbocycles. The van der Waals surface area contributed by atoms with Gasteiger partial charge in [0.25, 0.3) is 0 Å². The van der Waals surface area contributed by atoms with Crippen LogP contribution >= 0.6 is 0 Å². The van der Waals surface area contributed by atoms with Crippen molar-refractivity contribution in [2.45, 2.75) is 39.3 Å². The fourth-order valence-electron chi connectivity index (χ4n) is 1.92. The van der Waals surface area contributed by atoms with Crippen molar-refractivity contribution in [3.8, 4) is 11.5 Å². The molecule has 2 rings (SSSR count). The molecule has 100 valence electrons. The molecule has 0 bridgehead atoms. The average Bonchev–Trinajstić information content (AvgIpc) is 3.14. The zero-order valence-corrected chi connectivity index (χ0v) is 11.5. The minimum atomic E-state index is 0.165. The Hall–Kier alpha value is -1.22.